The van der Waals surface area contributed by atoms with Crippen LogP contribution in [-0.4, -0.2) is 23.6 Å². The molecule has 1 saturated heterocycles. The standard InChI is InChI=1S/C10H14BrN3O/c1-10(4-3-5-15-10)9-13-6-7(11)8(12-2)14-9/h6H,3-5H2,1-2H3,(H,12,13,14). The number of nitrogens with one attached hydrogen (secondary N) is 1. The molecular formula is C10H14BrN3O. The third kappa shape index (κ3) is 1.99. The maximum absolute atomic E-state index is 5.70. The molecule has 1 aromatic rings. The van der Waals surface area contributed by atoms with Gasteiger partial charge in [0.15, 0.2) is 5.82 Å². The minimum Gasteiger partial charge on any atom is -0.372 e. The predicted molar refractivity (Wildman–Crippen MR) is 61.8 cm³/mol. The SMILES string of the molecule is CNc1nc(C2(C)CCCO2)ncc1Br. The Bertz CT molecular complexity index is 364. The van der Waals surface area contributed by atoms with Crippen LogP contribution in [0, 0.1) is 0 Å². The summed E-state index contributed by atoms with van der Waals surface area (Å²) in [5, 5.41) is 3.02. The normalized spacial score (nSPS) is 25.5. The van der Waals surface area contributed by atoms with Crippen molar-refractivity contribution in [1.29, 1.82) is 0 Å². The topological polar surface area (TPSA) is 47.0 Å². The van der Waals surface area contributed by atoms with Crippen molar-refractivity contribution in [3.05, 3.63) is 16.5 Å². The number of hydrogen-bond donors (Lipinski definition) is 1. The van der Waals surface area contributed by atoms with Crippen molar-refractivity contribution in [3.8, 4) is 0 Å². The first-order valence-electron chi connectivity index (χ1n) is 5.00. The first-order valence-corrected chi connectivity index (χ1v) is 5.80. The molecular weight excluding hydrogens is 258 g/mol. The summed E-state index contributed by atoms with van der Waals surface area (Å²) in [6.07, 6.45) is 3.82. The summed E-state index contributed by atoms with van der Waals surface area (Å²) in [6, 6.07) is 0. The molecule has 0 spiro atoms. The summed E-state index contributed by atoms with van der Waals surface area (Å²) in [4.78, 5) is 8.77. The average Bonchev–Trinajstić information content (AvgIpc) is 2.67. The van der Waals surface area contributed by atoms with Crippen LogP contribution in [0.3, 0.4) is 0 Å². The Labute approximate surface area is 97.6 Å². The Morgan fingerprint density at radius 2 is 2.40 bits per heavy atom. The van der Waals surface area contributed by atoms with Gasteiger partial charge in [0.1, 0.15) is 11.4 Å². The van der Waals surface area contributed by atoms with Crippen LogP contribution >= 0.6 is 15.9 Å². The van der Waals surface area contributed by atoms with E-state index in [1.54, 1.807) is 6.20 Å². The molecule has 15 heavy (non-hydrogen) atoms. The molecule has 82 valence electrons. The van der Waals surface area contributed by atoms with E-state index in [1.165, 1.54) is 0 Å². The van der Waals surface area contributed by atoms with Crippen LogP contribution in [0.25, 0.3) is 0 Å². The van der Waals surface area contributed by atoms with E-state index in [0.29, 0.717) is 0 Å². The Kier molecular flexibility index (Phi) is 2.93. The number of aromatic nitrogens is 2. The van der Waals surface area contributed by atoms with Crippen LogP contribution in [0.4, 0.5) is 5.82 Å². The Balaban J connectivity index is 2.36. The molecule has 0 bridgehead atoms. The van der Waals surface area contributed by atoms with Gasteiger partial charge in [-0.25, -0.2) is 9.97 Å². The molecule has 1 aliphatic rings. The predicted octanol–water partition coefficient (Wildman–Crippen LogP) is 2.31. The van der Waals surface area contributed by atoms with Gasteiger partial charge in [-0.1, -0.05) is 0 Å². The highest BCUT2D eigenvalue weighted by molar-refractivity contribution is 9.10. The van der Waals surface area contributed by atoms with Crippen molar-refractivity contribution in [1.82, 2.24) is 9.97 Å². The molecule has 1 fully saturated rings. The van der Waals surface area contributed by atoms with E-state index in [2.05, 4.69) is 31.2 Å². The summed E-state index contributed by atoms with van der Waals surface area (Å²) >= 11 is 3.39. The number of hydrogen-bond acceptors (Lipinski definition) is 4. The Morgan fingerprint density at radius 1 is 1.60 bits per heavy atom. The van der Waals surface area contributed by atoms with Crippen LogP contribution in [0.2, 0.25) is 0 Å². The molecule has 5 heteroatoms. The Morgan fingerprint density at radius 3 is 3.00 bits per heavy atom. The molecule has 0 aromatic carbocycles. The molecule has 1 aromatic heterocycles. The molecule has 4 nitrogen and oxygen atoms in total. The lowest BCUT2D eigenvalue weighted by Crippen LogP contribution is -2.23. The van der Waals surface area contributed by atoms with Crippen molar-refractivity contribution in [3.63, 3.8) is 0 Å². The Hall–Kier alpha value is -0.680. The average molecular weight is 272 g/mol. The smallest absolute Gasteiger partial charge is 0.162 e. The van der Waals surface area contributed by atoms with E-state index < -0.39 is 0 Å². The fraction of sp³-hybridized carbons (Fsp3) is 0.600. The van der Waals surface area contributed by atoms with Gasteiger partial charge in [0.2, 0.25) is 0 Å². The van der Waals surface area contributed by atoms with Crippen molar-refractivity contribution in [2.75, 3.05) is 19.0 Å². The van der Waals surface area contributed by atoms with Crippen molar-refractivity contribution < 1.29 is 4.74 Å². The number of anilines is 1. The first kappa shape index (κ1) is 10.8. The lowest BCUT2D eigenvalue weighted by atomic mass is 10.0. The third-order valence-electron chi connectivity index (χ3n) is 2.67. The molecule has 0 saturated carbocycles. The molecule has 2 heterocycles. The van der Waals surface area contributed by atoms with Gasteiger partial charge >= 0.3 is 0 Å². The van der Waals surface area contributed by atoms with Gasteiger partial charge in [-0.05, 0) is 35.7 Å². The minimum absolute atomic E-state index is 0.313. The molecule has 1 aliphatic heterocycles. The highest BCUT2D eigenvalue weighted by Crippen LogP contribution is 2.34. The fourth-order valence-electron chi connectivity index (χ4n) is 1.75. The number of rotatable bonds is 2. The fourth-order valence-corrected chi connectivity index (χ4v) is 2.14. The monoisotopic (exact) mass is 271 g/mol. The molecule has 2 rings (SSSR count). The molecule has 1 unspecified atom stereocenters. The highest BCUT2D eigenvalue weighted by atomic mass is 79.9. The highest BCUT2D eigenvalue weighted by Gasteiger charge is 2.35. The van der Waals surface area contributed by atoms with Gasteiger partial charge in [-0.15, -0.1) is 0 Å². The van der Waals surface area contributed by atoms with E-state index in [4.69, 9.17) is 4.74 Å². The summed E-state index contributed by atoms with van der Waals surface area (Å²) in [5.74, 6) is 1.56. The second-order valence-corrected chi connectivity index (χ2v) is 4.68. The minimum atomic E-state index is -0.313. The van der Waals surface area contributed by atoms with Crippen LogP contribution < -0.4 is 5.32 Å². The molecule has 0 radical (unpaired) electrons. The quantitative estimate of drug-likeness (QED) is 0.897. The van der Waals surface area contributed by atoms with Crippen LogP contribution in [0.15, 0.2) is 10.7 Å². The molecule has 0 amide bonds. The summed E-state index contributed by atoms with van der Waals surface area (Å²) < 4.78 is 6.57. The van der Waals surface area contributed by atoms with Gasteiger partial charge < -0.3 is 10.1 Å². The first-order chi connectivity index (χ1) is 7.15. The van der Waals surface area contributed by atoms with Crippen LogP contribution in [0.1, 0.15) is 25.6 Å². The van der Waals surface area contributed by atoms with Crippen molar-refractivity contribution >= 4 is 21.7 Å². The van der Waals surface area contributed by atoms with E-state index in [0.717, 1.165) is 35.6 Å². The number of ether oxygens (including phenoxy) is 1. The van der Waals surface area contributed by atoms with Crippen LogP contribution in [0.5, 0.6) is 0 Å². The maximum atomic E-state index is 5.70. The van der Waals surface area contributed by atoms with Crippen molar-refractivity contribution in [2.24, 2.45) is 0 Å². The molecule has 1 N–H and O–H groups in total. The summed E-state index contributed by atoms with van der Waals surface area (Å²) in [5.41, 5.74) is -0.313. The van der Waals surface area contributed by atoms with E-state index in [1.807, 2.05) is 14.0 Å². The van der Waals surface area contributed by atoms with E-state index in [9.17, 15) is 0 Å². The second kappa shape index (κ2) is 4.06. The maximum Gasteiger partial charge on any atom is 0.162 e. The molecule has 0 aliphatic carbocycles. The summed E-state index contributed by atoms with van der Waals surface area (Å²) in [7, 11) is 1.84. The van der Waals surface area contributed by atoms with Crippen LogP contribution in [-0.2, 0) is 10.3 Å². The van der Waals surface area contributed by atoms with Gasteiger partial charge in [0, 0.05) is 19.9 Å². The largest absolute Gasteiger partial charge is 0.372 e. The summed E-state index contributed by atoms with van der Waals surface area (Å²) in [6.45, 7) is 2.84. The number of nitrogens with zero attached hydrogens (tertiary/aromatic N) is 2. The zero-order chi connectivity index (χ0) is 10.9. The lowest BCUT2D eigenvalue weighted by molar-refractivity contribution is 0.00941. The van der Waals surface area contributed by atoms with E-state index in [-0.39, 0.29) is 5.60 Å². The number of halogens is 1. The zero-order valence-corrected chi connectivity index (χ0v) is 10.5. The van der Waals surface area contributed by atoms with Gasteiger partial charge in [0.05, 0.1) is 4.47 Å². The van der Waals surface area contributed by atoms with Gasteiger partial charge in [-0.3, -0.25) is 0 Å². The third-order valence-corrected chi connectivity index (χ3v) is 3.25. The van der Waals surface area contributed by atoms with E-state index >= 15 is 0 Å². The zero-order valence-electron chi connectivity index (χ0n) is 8.88. The van der Waals surface area contributed by atoms with Gasteiger partial charge in [-0.2, -0.15) is 0 Å². The lowest BCUT2D eigenvalue weighted by Gasteiger charge is -2.21. The van der Waals surface area contributed by atoms with Gasteiger partial charge in [0.25, 0.3) is 0 Å². The molecule has 1 atom stereocenters. The second-order valence-electron chi connectivity index (χ2n) is 3.82. The van der Waals surface area contributed by atoms with Crippen molar-refractivity contribution in [2.45, 2.75) is 25.4 Å².